The highest BCUT2D eigenvalue weighted by Crippen LogP contribution is 2.52. The van der Waals surface area contributed by atoms with Crippen molar-refractivity contribution in [1.82, 2.24) is 10.6 Å². The van der Waals surface area contributed by atoms with E-state index in [9.17, 15) is 14.0 Å². The molecule has 0 radical (unpaired) electrons. The summed E-state index contributed by atoms with van der Waals surface area (Å²) in [6.45, 7) is 0.316. The van der Waals surface area contributed by atoms with E-state index in [1.165, 1.54) is 12.1 Å². The summed E-state index contributed by atoms with van der Waals surface area (Å²) in [5, 5.41) is 6.07. The van der Waals surface area contributed by atoms with E-state index in [1.54, 1.807) is 18.2 Å². The maximum absolute atomic E-state index is 13.3. The number of benzene rings is 2. The van der Waals surface area contributed by atoms with Gasteiger partial charge < -0.3 is 15.4 Å². The number of halogens is 1. The lowest BCUT2D eigenvalue weighted by Gasteiger charge is -2.55. The van der Waals surface area contributed by atoms with Crippen molar-refractivity contribution >= 4 is 11.8 Å². The monoisotopic (exact) mass is 394 g/mol. The fourth-order valence-corrected chi connectivity index (χ4v) is 5.25. The van der Waals surface area contributed by atoms with E-state index in [4.69, 9.17) is 4.74 Å². The molecular weight excluding hydrogens is 371 g/mol. The zero-order valence-electron chi connectivity index (χ0n) is 16.0. The molecule has 1 spiro atoms. The van der Waals surface area contributed by atoms with Crippen molar-refractivity contribution in [1.29, 1.82) is 0 Å². The molecule has 3 saturated carbocycles. The van der Waals surface area contributed by atoms with Crippen molar-refractivity contribution in [3.05, 3.63) is 65.5 Å². The highest BCUT2D eigenvalue weighted by molar-refractivity contribution is 5.98. The third kappa shape index (κ3) is 3.16. The summed E-state index contributed by atoms with van der Waals surface area (Å²) in [6, 6.07) is 13.6. The molecule has 6 heteroatoms. The molecule has 0 saturated heterocycles. The Labute approximate surface area is 168 Å². The van der Waals surface area contributed by atoms with Crippen LogP contribution in [0.15, 0.2) is 48.5 Å². The third-order valence-corrected chi connectivity index (χ3v) is 6.66. The number of carbonyl (C=O) groups is 2. The molecule has 2 N–H and O–H groups in total. The lowest BCUT2D eigenvalue weighted by molar-refractivity contribution is -0.146. The Morgan fingerprint density at radius 1 is 1.21 bits per heavy atom. The molecule has 5 nitrogen and oxygen atoms in total. The molecule has 1 aliphatic heterocycles. The van der Waals surface area contributed by atoms with Gasteiger partial charge in [0, 0.05) is 24.8 Å². The smallest absolute Gasteiger partial charge is 0.258 e. The Hall–Kier alpha value is -2.89. The highest BCUT2D eigenvalue weighted by Gasteiger charge is 2.57. The van der Waals surface area contributed by atoms with Crippen LogP contribution in [0.4, 0.5) is 4.39 Å². The zero-order valence-corrected chi connectivity index (χ0v) is 16.0. The van der Waals surface area contributed by atoms with Crippen LogP contribution in [0.3, 0.4) is 0 Å². The molecule has 4 atom stereocenters. The number of amides is 2. The van der Waals surface area contributed by atoms with Crippen molar-refractivity contribution in [2.75, 3.05) is 0 Å². The van der Waals surface area contributed by atoms with Gasteiger partial charge in [-0.2, -0.15) is 0 Å². The van der Waals surface area contributed by atoms with Gasteiger partial charge in [0.25, 0.3) is 5.91 Å². The maximum atomic E-state index is 13.3. The largest absolute Gasteiger partial charge is 0.467 e. The van der Waals surface area contributed by atoms with Crippen molar-refractivity contribution in [2.45, 2.75) is 38.0 Å². The topological polar surface area (TPSA) is 67.4 Å². The van der Waals surface area contributed by atoms with E-state index in [0.29, 0.717) is 30.7 Å². The number of para-hydroxylation sites is 1. The summed E-state index contributed by atoms with van der Waals surface area (Å²) < 4.78 is 19.7. The summed E-state index contributed by atoms with van der Waals surface area (Å²) in [5.74, 6) is 0.350. The van der Waals surface area contributed by atoms with Crippen molar-refractivity contribution in [2.24, 2.45) is 17.8 Å². The van der Waals surface area contributed by atoms with Crippen LogP contribution in [0.1, 0.15) is 41.6 Å². The maximum Gasteiger partial charge on any atom is 0.258 e. The number of rotatable bonds is 3. The third-order valence-electron chi connectivity index (χ3n) is 6.66. The lowest BCUT2D eigenvalue weighted by Crippen LogP contribution is -2.66. The molecule has 4 aliphatic rings. The minimum Gasteiger partial charge on any atom is -0.467 e. The van der Waals surface area contributed by atoms with E-state index < -0.39 is 5.72 Å². The number of nitrogens with one attached hydrogen (secondary N) is 2. The van der Waals surface area contributed by atoms with Crippen molar-refractivity contribution in [3.63, 3.8) is 0 Å². The molecule has 150 valence electrons. The van der Waals surface area contributed by atoms with Crippen molar-refractivity contribution in [3.8, 4) is 5.75 Å². The first-order valence-electron chi connectivity index (χ1n) is 10.2. The summed E-state index contributed by atoms with van der Waals surface area (Å²) in [5.41, 5.74) is 0.590. The fourth-order valence-electron chi connectivity index (χ4n) is 5.25. The first-order chi connectivity index (χ1) is 14.0. The van der Waals surface area contributed by atoms with E-state index in [-0.39, 0.29) is 35.4 Å². The van der Waals surface area contributed by atoms with Crippen LogP contribution in [0.25, 0.3) is 0 Å². The van der Waals surface area contributed by atoms with Gasteiger partial charge in [-0.05, 0) is 55.0 Å². The molecule has 0 aromatic heterocycles. The normalized spacial score (nSPS) is 29.7. The summed E-state index contributed by atoms with van der Waals surface area (Å²) in [7, 11) is 0. The predicted octanol–water partition coefficient (Wildman–Crippen LogP) is 3.40. The summed E-state index contributed by atoms with van der Waals surface area (Å²) in [4.78, 5) is 25.5. The second kappa shape index (κ2) is 6.87. The Bertz CT molecular complexity index is 978. The minimum atomic E-state index is -0.715. The van der Waals surface area contributed by atoms with Gasteiger partial charge in [0.15, 0.2) is 5.72 Å². The van der Waals surface area contributed by atoms with Gasteiger partial charge in [-0.25, -0.2) is 4.39 Å². The van der Waals surface area contributed by atoms with Gasteiger partial charge in [-0.3, -0.25) is 9.59 Å². The van der Waals surface area contributed by atoms with E-state index in [2.05, 4.69) is 10.6 Å². The van der Waals surface area contributed by atoms with E-state index >= 15 is 0 Å². The van der Waals surface area contributed by atoms with Crippen LogP contribution < -0.4 is 15.4 Å². The second-order valence-electron chi connectivity index (χ2n) is 8.37. The Balaban J connectivity index is 1.29. The van der Waals surface area contributed by atoms with Crippen LogP contribution in [0.2, 0.25) is 0 Å². The molecule has 29 heavy (non-hydrogen) atoms. The number of hydrogen-bond donors (Lipinski definition) is 2. The lowest BCUT2D eigenvalue weighted by atomic mass is 9.60. The van der Waals surface area contributed by atoms with Gasteiger partial charge >= 0.3 is 0 Å². The van der Waals surface area contributed by atoms with E-state index in [1.807, 2.05) is 18.2 Å². The van der Waals surface area contributed by atoms with Crippen LogP contribution >= 0.6 is 0 Å². The number of ether oxygens (including phenoxy) is 1. The Morgan fingerprint density at radius 2 is 2.07 bits per heavy atom. The second-order valence-corrected chi connectivity index (χ2v) is 8.37. The quantitative estimate of drug-likeness (QED) is 0.839. The SMILES string of the molecule is O=C1N[C@@]2(C[C@H]3CC[C@H]2C[C@@H]3C(=O)NCc2cccc(F)c2)Oc2ccccc21. The predicted molar refractivity (Wildman–Crippen MR) is 104 cm³/mol. The first-order valence-corrected chi connectivity index (χ1v) is 10.2. The molecule has 6 rings (SSSR count). The molecule has 2 amide bonds. The van der Waals surface area contributed by atoms with Gasteiger partial charge in [-0.15, -0.1) is 0 Å². The molecular formula is C23H23FN2O3. The van der Waals surface area contributed by atoms with Gasteiger partial charge in [-0.1, -0.05) is 24.3 Å². The molecule has 3 aliphatic carbocycles. The van der Waals surface area contributed by atoms with Crippen LogP contribution in [0.5, 0.6) is 5.75 Å². The first kappa shape index (κ1) is 18.2. The number of carbonyl (C=O) groups excluding carboxylic acids is 2. The summed E-state index contributed by atoms with van der Waals surface area (Å²) in [6.07, 6.45) is 3.20. The van der Waals surface area contributed by atoms with Crippen molar-refractivity contribution < 1.29 is 18.7 Å². The fraction of sp³-hybridized carbons (Fsp3) is 0.391. The molecule has 0 unspecified atom stereocenters. The minimum absolute atomic E-state index is 0.00125. The molecule has 2 bridgehead atoms. The Kier molecular flexibility index (Phi) is 4.30. The molecule has 2 aromatic rings. The van der Waals surface area contributed by atoms with Gasteiger partial charge in [0.1, 0.15) is 11.6 Å². The zero-order chi connectivity index (χ0) is 20.0. The van der Waals surface area contributed by atoms with Gasteiger partial charge in [0.2, 0.25) is 5.91 Å². The average Bonchev–Trinajstić information content (AvgIpc) is 2.72. The van der Waals surface area contributed by atoms with Crippen LogP contribution in [-0.4, -0.2) is 17.5 Å². The molecule has 3 fully saturated rings. The highest BCUT2D eigenvalue weighted by atomic mass is 19.1. The van der Waals surface area contributed by atoms with Crippen LogP contribution in [-0.2, 0) is 11.3 Å². The number of hydrogen-bond acceptors (Lipinski definition) is 3. The van der Waals surface area contributed by atoms with E-state index in [0.717, 1.165) is 18.4 Å². The Morgan fingerprint density at radius 3 is 2.86 bits per heavy atom. The molecule has 1 heterocycles. The number of fused-ring (bicyclic) bond motifs is 3. The summed E-state index contributed by atoms with van der Waals surface area (Å²) >= 11 is 0. The molecule has 2 aromatic carbocycles. The average molecular weight is 394 g/mol. The van der Waals surface area contributed by atoms with Crippen LogP contribution in [0, 0.1) is 23.6 Å². The standard InChI is InChI=1S/C23H23FN2O3/c24-17-5-3-4-14(10-17)13-25-21(27)19-11-16-9-8-15(19)12-23(16)26-22(28)18-6-1-2-7-20(18)29-23/h1-7,10,15-16,19H,8-9,11-13H2,(H,25,27)(H,26,28)/t15-,16+,19+,23+/m1/s1. The van der Waals surface area contributed by atoms with Gasteiger partial charge in [0.05, 0.1) is 5.56 Å².